The van der Waals surface area contributed by atoms with Crippen molar-refractivity contribution in [3.63, 3.8) is 0 Å². The van der Waals surface area contributed by atoms with Crippen LogP contribution in [0.15, 0.2) is 16.2 Å². The maximum absolute atomic E-state index is 5.92. The molecule has 0 spiro atoms. The third-order valence-electron chi connectivity index (χ3n) is 2.46. The molecule has 0 aliphatic rings. The van der Waals surface area contributed by atoms with Crippen molar-refractivity contribution in [1.82, 2.24) is 24.7 Å². The largest absolute Gasteiger partial charge is 0.330 e. The molecule has 0 bridgehead atoms. The number of hydrogen-bond donors (Lipinski definition) is 1. The number of nitrogens with zero attached hydrogens (tertiary/aromatic N) is 5. The van der Waals surface area contributed by atoms with Gasteiger partial charge in [-0.3, -0.25) is 0 Å². The Bertz CT molecular complexity index is 550. The molecule has 0 saturated carbocycles. The molecule has 0 radical (unpaired) electrons. The highest BCUT2D eigenvalue weighted by atomic mass is 35.5. The summed E-state index contributed by atoms with van der Waals surface area (Å²) in [5, 5.41) is 10.3. The van der Waals surface area contributed by atoms with Gasteiger partial charge in [-0.25, -0.2) is 9.97 Å². The average Bonchev–Trinajstić information content (AvgIpc) is 2.70. The van der Waals surface area contributed by atoms with Gasteiger partial charge in [-0.1, -0.05) is 11.6 Å². The fraction of sp³-hybridized carbons (Fsp3) is 0.455. The van der Waals surface area contributed by atoms with Gasteiger partial charge < -0.3 is 10.3 Å². The highest BCUT2D eigenvalue weighted by molar-refractivity contribution is 7.99. The molecule has 0 fully saturated rings. The van der Waals surface area contributed by atoms with E-state index in [1.807, 2.05) is 11.5 Å². The van der Waals surface area contributed by atoms with Crippen molar-refractivity contribution in [2.75, 3.05) is 6.54 Å². The maximum atomic E-state index is 5.92. The first-order valence-electron chi connectivity index (χ1n) is 5.95. The quantitative estimate of drug-likeness (QED) is 0.846. The van der Waals surface area contributed by atoms with Crippen LogP contribution in [0, 0.1) is 6.92 Å². The number of hydrogen-bond acceptors (Lipinski definition) is 6. The van der Waals surface area contributed by atoms with Crippen molar-refractivity contribution >= 4 is 23.4 Å². The molecule has 2 rings (SSSR count). The molecule has 0 aromatic carbocycles. The van der Waals surface area contributed by atoms with E-state index in [2.05, 4.69) is 20.2 Å². The Balaban J connectivity index is 2.27. The van der Waals surface area contributed by atoms with Crippen molar-refractivity contribution < 1.29 is 0 Å². The molecule has 2 N–H and O–H groups in total. The Morgan fingerprint density at radius 1 is 1.37 bits per heavy atom. The maximum Gasteiger partial charge on any atom is 0.197 e. The van der Waals surface area contributed by atoms with Gasteiger partial charge in [0.1, 0.15) is 21.8 Å². The number of nitrogens with two attached hydrogens (primary N) is 1. The molecule has 19 heavy (non-hydrogen) atoms. The first kappa shape index (κ1) is 14.2. The van der Waals surface area contributed by atoms with E-state index in [1.165, 1.54) is 11.8 Å². The highest BCUT2D eigenvalue weighted by Crippen LogP contribution is 2.26. The lowest BCUT2D eigenvalue weighted by Crippen LogP contribution is -2.10. The number of rotatable bonds is 5. The van der Waals surface area contributed by atoms with Crippen molar-refractivity contribution in [2.45, 2.75) is 37.0 Å². The zero-order valence-electron chi connectivity index (χ0n) is 10.8. The summed E-state index contributed by atoms with van der Waals surface area (Å²) in [4.78, 5) is 8.36. The average molecular weight is 299 g/mol. The van der Waals surface area contributed by atoms with Crippen LogP contribution in [0.3, 0.4) is 0 Å². The minimum absolute atomic E-state index is 0.430. The van der Waals surface area contributed by atoms with Crippen LogP contribution in [-0.4, -0.2) is 31.3 Å². The standard InChI is InChI=1S/C11H15ClN6S/c1-3-18-9(4-5-13)16-17-11(18)19-10-6-8(12)14-7(2)15-10/h6H,3-5,13H2,1-2H3. The molecular weight excluding hydrogens is 284 g/mol. The molecule has 8 heteroatoms. The summed E-state index contributed by atoms with van der Waals surface area (Å²) >= 11 is 7.35. The molecule has 102 valence electrons. The second kappa shape index (κ2) is 6.31. The van der Waals surface area contributed by atoms with E-state index in [0.717, 1.165) is 22.6 Å². The lowest BCUT2D eigenvalue weighted by atomic mass is 10.4. The van der Waals surface area contributed by atoms with Crippen LogP contribution in [-0.2, 0) is 13.0 Å². The molecule has 0 atom stereocenters. The van der Waals surface area contributed by atoms with Crippen LogP contribution >= 0.6 is 23.4 Å². The van der Waals surface area contributed by atoms with Crippen LogP contribution in [0.4, 0.5) is 0 Å². The van der Waals surface area contributed by atoms with Gasteiger partial charge in [0.2, 0.25) is 0 Å². The summed E-state index contributed by atoms with van der Waals surface area (Å²) < 4.78 is 2.03. The molecule has 0 aliphatic carbocycles. The van der Waals surface area contributed by atoms with Crippen molar-refractivity contribution in [3.8, 4) is 0 Å². The molecule has 2 heterocycles. The summed E-state index contributed by atoms with van der Waals surface area (Å²) in [7, 11) is 0. The van der Waals surface area contributed by atoms with Crippen molar-refractivity contribution in [3.05, 3.63) is 22.9 Å². The summed E-state index contributed by atoms with van der Waals surface area (Å²) in [6.07, 6.45) is 0.713. The van der Waals surface area contributed by atoms with Gasteiger partial charge in [-0.2, -0.15) is 0 Å². The van der Waals surface area contributed by atoms with Gasteiger partial charge in [0.15, 0.2) is 5.16 Å². The van der Waals surface area contributed by atoms with Gasteiger partial charge in [-0.15, -0.1) is 10.2 Å². The van der Waals surface area contributed by atoms with E-state index in [0.29, 0.717) is 23.9 Å². The van der Waals surface area contributed by atoms with E-state index in [1.54, 1.807) is 13.0 Å². The lowest BCUT2D eigenvalue weighted by molar-refractivity contribution is 0.639. The third-order valence-corrected chi connectivity index (χ3v) is 3.55. The van der Waals surface area contributed by atoms with Crippen LogP contribution < -0.4 is 5.73 Å². The second-order valence-electron chi connectivity index (χ2n) is 3.86. The SMILES string of the molecule is CCn1c(CCN)nnc1Sc1cc(Cl)nc(C)n1. The van der Waals surface area contributed by atoms with Gasteiger partial charge >= 0.3 is 0 Å². The zero-order chi connectivity index (χ0) is 13.8. The molecular formula is C11H15ClN6S. The molecule has 0 amide bonds. The third kappa shape index (κ3) is 3.43. The molecule has 2 aromatic rings. The van der Waals surface area contributed by atoms with Crippen LogP contribution in [0.1, 0.15) is 18.6 Å². The fourth-order valence-electron chi connectivity index (χ4n) is 1.68. The molecule has 2 aromatic heterocycles. The van der Waals surface area contributed by atoms with E-state index in [4.69, 9.17) is 17.3 Å². The predicted molar refractivity (Wildman–Crippen MR) is 74.4 cm³/mol. The van der Waals surface area contributed by atoms with E-state index >= 15 is 0 Å². The van der Waals surface area contributed by atoms with Gasteiger partial charge in [0, 0.05) is 19.0 Å². The normalized spacial score (nSPS) is 10.9. The molecule has 6 nitrogen and oxygen atoms in total. The van der Waals surface area contributed by atoms with Gasteiger partial charge in [0.05, 0.1) is 0 Å². The monoisotopic (exact) mass is 298 g/mol. The Morgan fingerprint density at radius 2 is 2.16 bits per heavy atom. The summed E-state index contributed by atoms with van der Waals surface area (Å²) in [6, 6.07) is 1.72. The first-order valence-corrected chi connectivity index (χ1v) is 7.14. The highest BCUT2D eigenvalue weighted by Gasteiger charge is 2.12. The van der Waals surface area contributed by atoms with Crippen LogP contribution in [0.5, 0.6) is 0 Å². The molecule has 0 unspecified atom stereocenters. The molecule has 0 saturated heterocycles. The second-order valence-corrected chi connectivity index (χ2v) is 5.23. The van der Waals surface area contributed by atoms with Crippen LogP contribution in [0.25, 0.3) is 0 Å². The topological polar surface area (TPSA) is 82.5 Å². The van der Waals surface area contributed by atoms with Crippen molar-refractivity contribution in [2.24, 2.45) is 5.73 Å². The lowest BCUT2D eigenvalue weighted by Gasteiger charge is -2.06. The van der Waals surface area contributed by atoms with Gasteiger partial charge in [-0.05, 0) is 32.2 Å². The van der Waals surface area contributed by atoms with Crippen molar-refractivity contribution in [1.29, 1.82) is 0 Å². The van der Waals surface area contributed by atoms with Crippen LogP contribution in [0.2, 0.25) is 5.15 Å². The number of aryl methyl sites for hydroxylation is 1. The van der Waals surface area contributed by atoms with Gasteiger partial charge in [0.25, 0.3) is 0 Å². The summed E-state index contributed by atoms with van der Waals surface area (Å²) in [5.74, 6) is 1.53. The zero-order valence-corrected chi connectivity index (χ0v) is 12.4. The first-order chi connectivity index (χ1) is 9.13. The van der Waals surface area contributed by atoms with E-state index < -0.39 is 0 Å². The Hall–Kier alpha value is -1.18. The summed E-state index contributed by atoms with van der Waals surface area (Å²) in [5.41, 5.74) is 5.56. The van der Waals surface area contributed by atoms with E-state index in [9.17, 15) is 0 Å². The number of halogens is 1. The Morgan fingerprint density at radius 3 is 2.79 bits per heavy atom. The summed E-state index contributed by atoms with van der Waals surface area (Å²) in [6.45, 7) is 5.20. The number of aromatic nitrogens is 5. The Labute approximate surface area is 120 Å². The Kier molecular flexibility index (Phi) is 4.73. The molecule has 0 aliphatic heterocycles. The minimum Gasteiger partial charge on any atom is -0.330 e. The smallest absolute Gasteiger partial charge is 0.197 e. The minimum atomic E-state index is 0.430. The van der Waals surface area contributed by atoms with E-state index in [-0.39, 0.29) is 0 Å². The fourth-order valence-corrected chi connectivity index (χ4v) is 2.93. The predicted octanol–water partition coefficient (Wildman–Crippen LogP) is 1.70.